The van der Waals surface area contributed by atoms with Gasteiger partial charge in [-0.3, -0.25) is 9.78 Å². The smallest absolute Gasteiger partial charge is 0.230 e. The van der Waals surface area contributed by atoms with Crippen LogP contribution in [0.2, 0.25) is 0 Å². The van der Waals surface area contributed by atoms with Crippen molar-refractivity contribution in [1.29, 1.82) is 0 Å². The van der Waals surface area contributed by atoms with E-state index in [9.17, 15) is 4.79 Å². The molecule has 0 atom stereocenters. The van der Waals surface area contributed by atoms with Crippen LogP contribution in [0.4, 0.5) is 5.82 Å². The molecule has 3 aromatic heterocycles. The van der Waals surface area contributed by atoms with E-state index in [1.54, 1.807) is 12.4 Å². The summed E-state index contributed by atoms with van der Waals surface area (Å²) in [5.74, 6) is 0.498. The number of carbonyl (C=O) groups excluding carboxylic acids is 1. The molecule has 0 aromatic carbocycles. The number of aromatic nitrogens is 3. The average Bonchev–Trinajstić information content (AvgIpc) is 2.89. The first kappa shape index (κ1) is 15.2. The number of anilines is 1. The summed E-state index contributed by atoms with van der Waals surface area (Å²) in [6.07, 6.45) is 3.56. The first-order valence-corrected chi connectivity index (χ1v) is 7.56. The van der Waals surface area contributed by atoms with E-state index in [1.165, 1.54) is 0 Å². The average molecular weight is 308 g/mol. The van der Waals surface area contributed by atoms with Gasteiger partial charge in [0.15, 0.2) is 0 Å². The van der Waals surface area contributed by atoms with E-state index < -0.39 is 5.41 Å². The second-order valence-electron chi connectivity index (χ2n) is 6.73. The van der Waals surface area contributed by atoms with Crippen LogP contribution in [0.5, 0.6) is 0 Å². The van der Waals surface area contributed by atoms with Crippen LogP contribution in [0.1, 0.15) is 26.5 Å². The van der Waals surface area contributed by atoms with Gasteiger partial charge in [-0.1, -0.05) is 20.8 Å². The molecule has 5 heteroatoms. The summed E-state index contributed by atoms with van der Waals surface area (Å²) in [7, 11) is 0. The Morgan fingerprint density at radius 1 is 1.17 bits per heavy atom. The summed E-state index contributed by atoms with van der Waals surface area (Å²) in [5.41, 5.74) is 3.54. The first-order valence-electron chi connectivity index (χ1n) is 7.56. The van der Waals surface area contributed by atoms with Crippen molar-refractivity contribution in [2.45, 2.75) is 27.7 Å². The van der Waals surface area contributed by atoms with Crippen molar-refractivity contribution in [3.8, 4) is 11.3 Å². The molecule has 0 saturated carbocycles. The Hall–Kier alpha value is -2.69. The number of H-pyrrole nitrogens is 1. The van der Waals surface area contributed by atoms with Crippen LogP contribution in [-0.2, 0) is 4.79 Å². The molecule has 2 N–H and O–H groups in total. The van der Waals surface area contributed by atoms with Crippen LogP contribution in [0.15, 0.2) is 36.7 Å². The summed E-state index contributed by atoms with van der Waals surface area (Å²) >= 11 is 0. The summed E-state index contributed by atoms with van der Waals surface area (Å²) in [4.78, 5) is 24.0. The maximum atomic E-state index is 12.1. The summed E-state index contributed by atoms with van der Waals surface area (Å²) < 4.78 is 0. The van der Waals surface area contributed by atoms with Crippen molar-refractivity contribution in [2.24, 2.45) is 5.41 Å². The number of aryl methyl sites for hydroxylation is 1. The van der Waals surface area contributed by atoms with Crippen molar-refractivity contribution in [3.05, 3.63) is 42.4 Å². The van der Waals surface area contributed by atoms with Crippen molar-refractivity contribution in [2.75, 3.05) is 5.32 Å². The molecule has 3 rings (SSSR count). The molecule has 5 nitrogen and oxygen atoms in total. The zero-order chi connectivity index (χ0) is 16.6. The molecule has 0 aliphatic rings. The van der Waals surface area contributed by atoms with Crippen molar-refractivity contribution >= 4 is 22.6 Å². The van der Waals surface area contributed by atoms with Gasteiger partial charge in [0, 0.05) is 46.2 Å². The van der Waals surface area contributed by atoms with Crippen molar-refractivity contribution in [1.82, 2.24) is 15.0 Å². The Morgan fingerprint density at radius 2 is 1.96 bits per heavy atom. The number of hydrogen-bond donors (Lipinski definition) is 2. The Labute approximate surface area is 135 Å². The molecule has 0 radical (unpaired) electrons. The molecule has 118 valence electrons. The van der Waals surface area contributed by atoms with Gasteiger partial charge in [-0.25, -0.2) is 4.98 Å². The van der Waals surface area contributed by atoms with E-state index in [0.29, 0.717) is 5.82 Å². The number of nitrogens with zero attached hydrogens (tertiary/aromatic N) is 2. The molecular weight excluding hydrogens is 288 g/mol. The number of aromatic amines is 1. The van der Waals surface area contributed by atoms with Crippen LogP contribution < -0.4 is 5.32 Å². The van der Waals surface area contributed by atoms with Gasteiger partial charge in [0.2, 0.25) is 5.91 Å². The maximum Gasteiger partial charge on any atom is 0.230 e. The van der Waals surface area contributed by atoms with Gasteiger partial charge in [-0.05, 0) is 25.1 Å². The lowest BCUT2D eigenvalue weighted by molar-refractivity contribution is -0.123. The third-order valence-electron chi connectivity index (χ3n) is 3.63. The number of amides is 1. The predicted molar refractivity (Wildman–Crippen MR) is 92.1 cm³/mol. The molecule has 0 unspecified atom stereocenters. The topological polar surface area (TPSA) is 70.7 Å². The zero-order valence-electron chi connectivity index (χ0n) is 13.8. The Bertz CT molecular complexity index is 874. The van der Waals surface area contributed by atoms with Gasteiger partial charge >= 0.3 is 0 Å². The monoisotopic (exact) mass is 308 g/mol. The summed E-state index contributed by atoms with van der Waals surface area (Å²) in [5, 5.41) is 3.86. The highest BCUT2D eigenvalue weighted by Gasteiger charge is 2.21. The second kappa shape index (κ2) is 5.50. The van der Waals surface area contributed by atoms with Crippen LogP contribution >= 0.6 is 0 Å². The minimum absolute atomic E-state index is 0.0547. The number of rotatable bonds is 2. The Kier molecular flexibility index (Phi) is 3.64. The maximum absolute atomic E-state index is 12.1. The van der Waals surface area contributed by atoms with Crippen LogP contribution in [0.25, 0.3) is 22.2 Å². The highest BCUT2D eigenvalue weighted by atomic mass is 16.2. The minimum atomic E-state index is -0.452. The zero-order valence-corrected chi connectivity index (χ0v) is 13.8. The highest BCUT2D eigenvalue weighted by Crippen LogP contribution is 2.25. The highest BCUT2D eigenvalue weighted by molar-refractivity contribution is 5.95. The minimum Gasteiger partial charge on any atom is -0.354 e. The largest absolute Gasteiger partial charge is 0.354 e. The van der Waals surface area contributed by atoms with Gasteiger partial charge in [-0.15, -0.1) is 0 Å². The van der Waals surface area contributed by atoms with Crippen LogP contribution in [0.3, 0.4) is 0 Å². The SMILES string of the molecule is Cc1cc(-c2cc3cnc(NC(=O)C(C)(C)C)cc3[nH]2)ccn1. The van der Waals surface area contributed by atoms with E-state index in [4.69, 9.17) is 0 Å². The number of fused-ring (bicyclic) bond motifs is 1. The third-order valence-corrected chi connectivity index (χ3v) is 3.63. The molecule has 0 fully saturated rings. The molecular formula is C18H20N4O. The van der Waals surface area contributed by atoms with Gasteiger partial charge in [-0.2, -0.15) is 0 Å². The first-order chi connectivity index (χ1) is 10.8. The van der Waals surface area contributed by atoms with Crippen molar-refractivity contribution in [3.63, 3.8) is 0 Å². The number of nitrogens with one attached hydrogen (secondary N) is 2. The number of hydrogen-bond acceptors (Lipinski definition) is 3. The fourth-order valence-electron chi connectivity index (χ4n) is 2.27. The van der Waals surface area contributed by atoms with Gasteiger partial charge in [0.1, 0.15) is 5.82 Å². The van der Waals surface area contributed by atoms with E-state index in [2.05, 4.69) is 20.3 Å². The summed E-state index contributed by atoms with van der Waals surface area (Å²) in [6.45, 7) is 7.59. The van der Waals surface area contributed by atoms with Crippen LogP contribution in [0, 0.1) is 12.3 Å². The molecule has 0 saturated heterocycles. The molecule has 0 spiro atoms. The second-order valence-corrected chi connectivity index (χ2v) is 6.73. The molecule has 3 aromatic rings. The fourth-order valence-corrected chi connectivity index (χ4v) is 2.27. The van der Waals surface area contributed by atoms with Crippen molar-refractivity contribution < 1.29 is 4.79 Å². The summed E-state index contributed by atoms with van der Waals surface area (Å²) in [6, 6.07) is 7.90. The van der Waals surface area contributed by atoms with Gasteiger partial charge in [0.05, 0.1) is 5.52 Å². The lowest BCUT2D eigenvalue weighted by atomic mass is 9.96. The number of pyridine rings is 2. The van der Waals surface area contributed by atoms with E-state index in [0.717, 1.165) is 27.9 Å². The molecule has 0 aliphatic carbocycles. The molecule has 0 bridgehead atoms. The van der Waals surface area contributed by atoms with Gasteiger partial charge in [0.25, 0.3) is 0 Å². The van der Waals surface area contributed by atoms with Gasteiger partial charge < -0.3 is 10.3 Å². The quantitative estimate of drug-likeness (QED) is 0.754. The molecule has 23 heavy (non-hydrogen) atoms. The molecule has 3 heterocycles. The number of carbonyl (C=O) groups is 1. The lowest BCUT2D eigenvalue weighted by Crippen LogP contribution is -2.27. The third kappa shape index (κ3) is 3.23. The fraction of sp³-hybridized carbons (Fsp3) is 0.278. The van der Waals surface area contributed by atoms with E-state index in [-0.39, 0.29) is 5.91 Å². The van der Waals surface area contributed by atoms with Crippen LogP contribution in [-0.4, -0.2) is 20.9 Å². The predicted octanol–water partition coefficient (Wildman–Crippen LogP) is 3.92. The molecule has 0 aliphatic heterocycles. The lowest BCUT2D eigenvalue weighted by Gasteiger charge is -2.16. The molecule has 1 amide bonds. The standard InChI is InChI=1S/C18H20N4O/c1-11-7-12(5-6-19-11)14-8-13-10-20-16(9-15(13)21-14)22-17(23)18(2,3)4/h5-10,21H,1-4H3,(H,20,22,23). The van der Waals surface area contributed by atoms with E-state index >= 15 is 0 Å². The van der Waals surface area contributed by atoms with E-state index in [1.807, 2.05) is 52.0 Å². The Balaban J connectivity index is 1.94. The normalized spacial score (nSPS) is 11.7. The Morgan fingerprint density at radius 3 is 2.65 bits per heavy atom.